The molecule has 0 atom stereocenters. The summed E-state index contributed by atoms with van der Waals surface area (Å²) in [6.45, 7) is 0. The SMILES string of the molecule is O=C(Cc1ccccc1Cl)c1cccc2ccncc12. The van der Waals surface area contributed by atoms with Gasteiger partial charge in [0.15, 0.2) is 5.78 Å². The summed E-state index contributed by atoms with van der Waals surface area (Å²) in [6, 6.07) is 15.0. The van der Waals surface area contributed by atoms with Crippen molar-refractivity contribution in [1.29, 1.82) is 0 Å². The number of pyridine rings is 1. The second kappa shape index (κ2) is 5.43. The summed E-state index contributed by atoms with van der Waals surface area (Å²) in [7, 11) is 0. The third-order valence-corrected chi connectivity index (χ3v) is 3.66. The molecule has 20 heavy (non-hydrogen) atoms. The van der Waals surface area contributed by atoms with E-state index in [1.54, 1.807) is 18.5 Å². The molecular formula is C17H12ClNO. The van der Waals surface area contributed by atoms with Gasteiger partial charge in [0.2, 0.25) is 0 Å². The molecule has 0 bridgehead atoms. The molecule has 0 aliphatic carbocycles. The van der Waals surface area contributed by atoms with Crippen LogP contribution in [0, 0.1) is 0 Å². The maximum absolute atomic E-state index is 12.5. The molecule has 3 heteroatoms. The van der Waals surface area contributed by atoms with Crippen molar-refractivity contribution in [3.05, 3.63) is 77.1 Å². The largest absolute Gasteiger partial charge is 0.294 e. The van der Waals surface area contributed by atoms with Gasteiger partial charge in [-0.25, -0.2) is 0 Å². The predicted molar refractivity (Wildman–Crippen MR) is 81.2 cm³/mol. The van der Waals surface area contributed by atoms with E-state index in [2.05, 4.69) is 4.98 Å². The number of ketones is 1. The van der Waals surface area contributed by atoms with Crippen LogP contribution in [-0.2, 0) is 6.42 Å². The van der Waals surface area contributed by atoms with Gasteiger partial charge in [0, 0.05) is 34.8 Å². The molecule has 0 unspecified atom stereocenters. The molecule has 1 aromatic heterocycles. The van der Waals surface area contributed by atoms with Gasteiger partial charge in [0.25, 0.3) is 0 Å². The zero-order chi connectivity index (χ0) is 13.9. The first-order valence-electron chi connectivity index (χ1n) is 6.35. The summed E-state index contributed by atoms with van der Waals surface area (Å²) in [6.07, 6.45) is 3.76. The number of fused-ring (bicyclic) bond motifs is 1. The number of carbonyl (C=O) groups excluding carboxylic acids is 1. The first-order chi connectivity index (χ1) is 9.75. The Kier molecular flexibility index (Phi) is 3.48. The van der Waals surface area contributed by atoms with E-state index >= 15 is 0 Å². The Morgan fingerprint density at radius 3 is 2.75 bits per heavy atom. The molecule has 2 aromatic carbocycles. The average molecular weight is 282 g/mol. The molecule has 0 radical (unpaired) electrons. The van der Waals surface area contributed by atoms with Crippen LogP contribution in [0.25, 0.3) is 10.8 Å². The number of halogens is 1. The van der Waals surface area contributed by atoms with Gasteiger partial charge in [-0.1, -0.05) is 48.0 Å². The highest BCUT2D eigenvalue weighted by molar-refractivity contribution is 6.31. The van der Waals surface area contributed by atoms with Gasteiger partial charge in [0.1, 0.15) is 0 Å². The molecule has 98 valence electrons. The number of hydrogen-bond acceptors (Lipinski definition) is 2. The lowest BCUT2D eigenvalue weighted by molar-refractivity contribution is 0.0994. The number of Topliss-reactive ketones (excluding diaryl/α,β-unsaturated/α-hetero) is 1. The normalized spacial score (nSPS) is 10.7. The molecular weight excluding hydrogens is 270 g/mol. The summed E-state index contributed by atoms with van der Waals surface area (Å²) in [5.74, 6) is 0.0525. The van der Waals surface area contributed by atoms with Gasteiger partial charge in [-0.3, -0.25) is 9.78 Å². The first kappa shape index (κ1) is 12.8. The second-order valence-electron chi connectivity index (χ2n) is 4.59. The molecule has 0 amide bonds. The molecule has 3 aromatic rings. The van der Waals surface area contributed by atoms with Crippen LogP contribution in [0.2, 0.25) is 5.02 Å². The molecule has 0 saturated carbocycles. The Morgan fingerprint density at radius 1 is 1.05 bits per heavy atom. The summed E-state index contributed by atoms with van der Waals surface area (Å²) in [5.41, 5.74) is 1.54. The maximum atomic E-state index is 12.5. The molecule has 0 saturated heterocycles. The highest BCUT2D eigenvalue weighted by Gasteiger charge is 2.12. The van der Waals surface area contributed by atoms with Crippen molar-refractivity contribution in [2.45, 2.75) is 6.42 Å². The Hall–Kier alpha value is -2.19. The first-order valence-corrected chi connectivity index (χ1v) is 6.73. The van der Waals surface area contributed by atoms with Crippen molar-refractivity contribution < 1.29 is 4.79 Å². The Bertz CT molecular complexity index is 777. The second-order valence-corrected chi connectivity index (χ2v) is 5.00. The van der Waals surface area contributed by atoms with E-state index in [1.807, 2.05) is 42.5 Å². The van der Waals surface area contributed by atoms with Crippen LogP contribution in [-0.4, -0.2) is 10.8 Å². The van der Waals surface area contributed by atoms with Crippen LogP contribution in [0.5, 0.6) is 0 Å². The van der Waals surface area contributed by atoms with Gasteiger partial charge in [0.05, 0.1) is 0 Å². The van der Waals surface area contributed by atoms with E-state index in [0.717, 1.165) is 16.3 Å². The van der Waals surface area contributed by atoms with Crippen molar-refractivity contribution in [1.82, 2.24) is 4.98 Å². The molecule has 2 nitrogen and oxygen atoms in total. The number of hydrogen-bond donors (Lipinski definition) is 0. The average Bonchev–Trinajstić information content (AvgIpc) is 2.49. The number of rotatable bonds is 3. The third-order valence-electron chi connectivity index (χ3n) is 3.29. The van der Waals surface area contributed by atoms with Crippen molar-refractivity contribution in [3.63, 3.8) is 0 Å². The fourth-order valence-electron chi connectivity index (χ4n) is 2.27. The summed E-state index contributed by atoms with van der Waals surface area (Å²) in [5, 5.41) is 2.52. The lowest BCUT2D eigenvalue weighted by atomic mass is 9.98. The van der Waals surface area contributed by atoms with Crippen molar-refractivity contribution in [2.75, 3.05) is 0 Å². The molecule has 1 heterocycles. The van der Waals surface area contributed by atoms with Crippen LogP contribution >= 0.6 is 11.6 Å². The molecule has 0 aliphatic rings. The van der Waals surface area contributed by atoms with Gasteiger partial charge in [-0.2, -0.15) is 0 Å². The molecule has 0 N–H and O–H groups in total. The van der Waals surface area contributed by atoms with Crippen molar-refractivity contribution in [3.8, 4) is 0 Å². The molecule has 0 aliphatic heterocycles. The quantitative estimate of drug-likeness (QED) is 0.670. The Morgan fingerprint density at radius 2 is 1.90 bits per heavy atom. The standard InChI is InChI=1S/C17H12ClNO/c18-16-7-2-1-4-13(16)10-17(20)14-6-3-5-12-8-9-19-11-15(12)14/h1-9,11H,10H2. The van der Waals surface area contributed by atoms with E-state index in [-0.39, 0.29) is 5.78 Å². The van der Waals surface area contributed by atoms with Gasteiger partial charge in [-0.05, 0) is 23.1 Å². The molecule has 0 spiro atoms. The van der Waals surface area contributed by atoms with Crippen molar-refractivity contribution in [2.24, 2.45) is 0 Å². The summed E-state index contributed by atoms with van der Waals surface area (Å²) in [4.78, 5) is 16.6. The highest BCUT2D eigenvalue weighted by atomic mass is 35.5. The zero-order valence-corrected chi connectivity index (χ0v) is 11.5. The molecule has 3 rings (SSSR count). The lowest BCUT2D eigenvalue weighted by Gasteiger charge is -2.06. The Labute approximate surface area is 122 Å². The van der Waals surface area contributed by atoms with Crippen LogP contribution in [0.3, 0.4) is 0 Å². The minimum atomic E-state index is 0.0525. The monoisotopic (exact) mass is 281 g/mol. The van der Waals surface area contributed by atoms with Gasteiger partial charge >= 0.3 is 0 Å². The highest BCUT2D eigenvalue weighted by Crippen LogP contribution is 2.21. The van der Waals surface area contributed by atoms with Crippen LogP contribution < -0.4 is 0 Å². The van der Waals surface area contributed by atoms with Gasteiger partial charge in [-0.15, -0.1) is 0 Å². The van der Waals surface area contributed by atoms with E-state index in [1.165, 1.54) is 0 Å². The number of carbonyl (C=O) groups is 1. The smallest absolute Gasteiger partial charge is 0.167 e. The van der Waals surface area contributed by atoms with E-state index in [4.69, 9.17) is 11.6 Å². The minimum Gasteiger partial charge on any atom is -0.294 e. The Balaban J connectivity index is 1.99. The number of aromatic nitrogens is 1. The zero-order valence-electron chi connectivity index (χ0n) is 10.7. The van der Waals surface area contributed by atoms with Crippen LogP contribution in [0.15, 0.2) is 60.9 Å². The van der Waals surface area contributed by atoms with E-state index < -0.39 is 0 Å². The number of benzene rings is 2. The van der Waals surface area contributed by atoms with E-state index in [0.29, 0.717) is 17.0 Å². The maximum Gasteiger partial charge on any atom is 0.167 e. The topological polar surface area (TPSA) is 30.0 Å². The van der Waals surface area contributed by atoms with Crippen molar-refractivity contribution >= 4 is 28.2 Å². The number of nitrogens with zero attached hydrogens (tertiary/aromatic N) is 1. The van der Waals surface area contributed by atoms with Gasteiger partial charge < -0.3 is 0 Å². The van der Waals surface area contributed by atoms with E-state index in [9.17, 15) is 4.79 Å². The fourth-order valence-corrected chi connectivity index (χ4v) is 2.47. The predicted octanol–water partition coefficient (Wildman–Crippen LogP) is 4.31. The lowest BCUT2D eigenvalue weighted by Crippen LogP contribution is -2.04. The minimum absolute atomic E-state index is 0.0525. The summed E-state index contributed by atoms with van der Waals surface area (Å²) >= 11 is 6.11. The third kappa shape index (κ3) is 2.43. The van der Waals surface area contributed by atoms with Crippen LogP contribution in [0.4, 0.5) is 0 Å². The molecule has 0 fully saturated rings. The van der Waals surface area contributed by atoms with Crippen LogP contribution in [0.1, 0.15) is 15.9 Å². The fraction of sp³-hybridized carbons (Fsp3) is 0.0588. The summed E-state index contributed by atoms with van der Waals surface area (Å²) < 4.78 is 0.